The molecule has 1 fully saturated rings. The van der Waals surface area contributed by atoms with Crippen molar-refractivity contribution in [2.75, 3.05) is 6.61 Å². The molecule has 2 heterocycles. The van der Waals surface area contributed by atoms with Gasteiger partial charge in [0, 0.05) is 30.7 Å². The predicted octanol–water partition coefficient (Wildman–Crippen LogP) is 3.14. The predicted molar refractivity (Wildman–Crippen MR) is 78.5 cm³/mol. The summed E-state index contributed by atoms with van der Waals surface area (Å²) in [4.78, 5) is 0. The van der Waals surface area contributed by atoms with Gasteiger partial charge in [0.2, 0.25) is 0 Å². The highest BCUT2D eigenvalue weighted by atomic mass is 35.5. The Balaban J connectivity index is 1.87. The minimum atomic E-state index is -0.735. The molecule has 3 rings (SSSR count). The molecule has 0 radical (unpaired) electrons. The summed E-state index contributed by atoms with van der Waals surface area (Å²) in [6, 6.07) is 3.89. The van der Waals surface area contributed by atoms with E-state index in [1.54, 1.807) is 0 Å². The molecule has 4 heteroatoms. The summed E-state index contributed by atoms with van der Waals surface area (Å²) < 4.78 is 11.4. The molecule has 1 N–H and O–H groups in total. The van der Waals surface area contributed by atoms with Crippen LogP contribution in [-0.4, -0.2) is 29.5 Å². The molecule has 0 aliphatic carbocycles. The van der Waals surface area contributed by atoms with Crippen LogP contribution in [0.2, 0.25) is 5.02 Å². The lowest BCUT2D eigenvalue weighted by Crippen LogP contribution is -2.44. The maximum absolute atomic E-state index is 10.9. The van der Waals surface area contributed by atoms with Crippen molar-refractivity contribution >= 4 is 11.6 Å². The highest BCUT2D eigenvalue weighted by molar-refractivity contribution is 6.30. The Labute approximate surface area is 124 Å². The van der Waals surface area contributed by atoms with Crippen molar-refractivity contribution in [3.63, 3.8) is 0 Å². The van der Waals surface area contributed by atoms with E-state index < -0.39 is 5.60 Å². The van der Waals surface area contributed by atoms with Crippen molar-refractivity contribution < 1.29 is 14.6 Å². The molecule has 1 saturated heterocycles. The van der Waals surface area contributed by atoms with Crippen LogP contribution in [0.4, 0.5) is 0 Å². The highest BCUT2D eigenvalue weighted by Crippen LogP contribution is 2.38. The average molecular weight is 297 g/mol. The molecule has 0 saturated carbocycles. The van der Waals surface area contributed by atoms with Crippen LogP contribution in [0.1, 0.15) is 37.8 Å². The molecular formula is C16H21ClO3. The summed E-state index contributed by atoms with van der Waals surface area (Å²) in [7, 11) is 0. The van der Waals surface area contributed by atoms with Gasteiger partial charge in [0.25, 0.3) is 0 Å². The number of ether oxygens (including phenoxy) is 2. The fourth-order valence-corrected chi connectivity index (χ4v) is 3.89. The van der Waals surface area contributed by atoms with Crippen molar-refractivity contribution in [1.82, 2.24) is 0 Å². The van der Waals surface area contributed by atoms with Crippen LogP contribution in [-0.2, 0) is 17.6 Å². The first-order valence-corrected chi connectivity index (χ1v) is 7.65. The standard InChI is InChI=1S/C16H21ClO3/c1-10-7-16(18,8-11(2)20-10)9-13-6-14(17)5-12-3-4-19-15(12)13/h5-6,10-11,18H,3-4,7-9H2,1-2H3. The SMILES string of the molecule is CC1CC(O)(Cc2cc(Cl)cc3c2OCC3)CC(C)O1. The monoisotopic (exact) mass is 296 g/mol. The van der Waals surface area contributed by atoms with Gasteiger partial charge in [0.15, 0.2) is 0 Å². The lowest BCUT2D eigenvalue weighted by Gasteiger charge is -2.39. The fraction of sp³-hybridized carbons (Fsp3) is 0.625. The van der Waals surface area contributed by atoms with Crippen LogP contribution in [0, 0.1) is 0 Å². The van der Waals surface area contributed by atoms with Gasteiger partial charge >= 0.3 is 0 Å². The molecule has 0 amide bonds. The maximum Gasteiger partial charge on any atom is 0.126 e. The minimum Gasteiger partial charge on any atom is -0.493 e. The number of hydrogen-bond acceptors (Lipinski definition) is 3. The summed E-state index contributed by atoms with van der Waals surface area (Å²) >= 11 is 6.19. The van der Waals surface area contributed by atoms with E-state index >= 15 is 0 Å². The van der Waals surface area contributed by atoms with Gasteiger partial charge in [-0.05, 0) is 37.1 Å². The number of benzene rings is 1. The molecule has 0 bridgehead atoms. The van der Waals surface area contributed by atoms with E-state index in [2.05, 4.69) is 0 Å². The molecule has 20 heavy (non-hydrogen) atoms. The van der Waals surface area contributed by atoms with Gasteiger partial charge in [-0.25, -0.2) is 0 Å². The van der Waals surface area contributed by atoms with E-state index in [4.69, 9.17) is 21.1 Å². The van der Waals surface area contributed by atoms with E-state index in [0.29, 0.717) is 25.9 Å². The Hall–Kier alpha value is -0.770. The number of fused-ring (bicyclic) bond motifs is 1. The van der Waals surface area contributed by atoms with Crippen molar-refractivity contribution in [2.24, 2.45) is 0 Å². The quantitative estimate of drug-likeness (QED) is 0.911. The van der Waals surface area contributed by atoms with E-state index in [1.807, 2.05) is 26.0 Å². The van der Waals surface area contributed by atoms with Gasteiger partial charge in [0.05, 0.1) is 24.4 Å². The third-order valence-corrected chi connectivity index (χ3v) is 4.36. The second-order valence-electron chi connectivity index (χ2n) is 6.22. The molecule has 0 aromatic heterocycles. The molecule has 2 aliphatic rings. The van der Waals surface area contributed by atoms with Crippen LogP contribution in [0.15, 0.2) is 12.1 Å². The zero-order chi connectivity index (χ0) is 14.3. The fourth-order valence-electron chi connectivity index (χ4n) is 3.62. The highest BCUT2D eigenvalue weighted by Gasteiger charge is 2.38. The zero-order valence-corrected chi connectivity index (χ0v) is 12.7. The van der Waals surface area contributed by atoms with Crippen molar-refractivity contribution in [3.8, 4) is 5.75 Å². The molecule has 0 spiro atoms. The lowest BCUT2D eigenvalue weighted by molar-refractivity contribution is -0.130. The second-order valence-corrected chi connectivity index (χ2v) is 6.65. The smallest absolute Gasteiger partial charge is 0.126 e. The van der Waals surface area contributed by atoms with Gasteiger partial charge in [-0.15, -0.1) is 0 Å². The molecule has 1 aromatic rings. The number of rotatable bonds is 2. The van der Waals surface area contributed by atoms with Gasteiger partial charge in [-0.1, -0.05) is 11.6 Å². The number of aliphatic hydroxyl groups is 1. The van der Waals surface area contributed by atoms with E-state index in [-0.39, 0.29) is 12.2 Å². The molecule has 2 atom stereocenters. The van der Waals surface area contributed by atoms with Gasteiger partial charge in [-0.2, -0.15) is 0 Å². The van der Waals surface area contributed by atoms with Crippen molar-refractivity contribution in [3.05, 3.63) is 28.3 Å². The van der Waals surface area contributed by atoms with E-state index in [9.17, 15) is 5.11 Å². The summed E-state index contributed by atoms with van der Waals surface area (Å²) in [6.07, 6.45) is 2.94. The molecule has 110 valence electrons. The summed E-state index contributed by atoms with van der Waals surface area (Å²) in [6.45, 7) is 4.73. The van der Waals surface area contributed by atoms with Gasteiger partial charge < -0.3 is 14.6 Å². The van der Waals surface area contributed by atoms with E-state index in [1.165, 1.54) is 0 Å². The maximum atomic E-state index is 10.9. The summed E-state index contributed by atoms with van der Waals surface area (Å²) in [5, 5.41) is 11.6. The Morgan fingerprint density at radius 2 is 2.00 bits per heavy atom. The molecule has 1 aromatic carbocycles. The number of halogens is 1. The molecule has 3 nitrogen and oxygen atoms in total. The van der Waals surface area contributed by atoms with Crippen LogP contribution in [0.5, 0.6) is 5.75 Å². The van der Waals surface area contributed by atoms with Crippen molar-refractivity contribution in [1.29, 1.82) is 0 Å². The Morgan fingerprint density at radius 3 is 2.70 bits per heavy atom. The van der Waals surface area contributed by atoms with Crippen LogP contribution >= 0.6 is 11.6 Å². The first kappa shape index (κ1) is 14.2. The van der Waals surface area contributed by atoms with Gasteiger partial charge in [0.1, 0.15) is 5.75 Å². The summed E-state index contributed by atoms with van der Waals surface area (Å²) in [5.74, 6) is 0.926. The molecule has 2 unspecified atom stereocenters. The van der Waals surface area contributed by atoms with Crippen molar-refractivity contribution in [2.45, 2.75) is 57.3 Å². The minimum absolute atomic E-state index is 0.0805. The number of hydrogen-bond donors (Lipinski definition) is 1. The Kier molecular flexibility index (Phi) is 3.69. The van der Waals surface area contributed by atoms with E-state index in [0.717, 1.165) is 28.3 Å². The Morgan fingerprint density at radius 1 is 1.30 bits per heavy atom. The first-order valence-electron chi connectivity index (χ1n) is 7.27. The normalized spacial score (nSPS) is 32.8. The molecule has 2 aliphatic heterocycles. The van der Waals surface area contributed by atoms with Crippen LogP contribution in [0.25, 0.3) is 0 Å². The summed E-state index contributed by atoms with van der Waals surface area (Å²) in [5.41, 5.74) is 1.44. The van der Waals surface area contributed by atoms with Crippen LogP contribution in [0.3, 0.4) is 0 Å². The third kappa shape index (κ3) is 2.80. The average Bonchev–Trinajstić information content (AvgIpc) is 2.73. The lowest BCUT2D eigenvalue weighted by atomic mass is 9.82. The third-order valence-electron chi connectivity index (χ3n) is 4.14. The topological polar surface area (TPSA) is 38.7 Å². The van der Waals surface area contributed by atoms with Crippen LogP contribution < -0.4 is 4.74 Å². The largest absolute Gasteiger partial charge is 0.493 e. The zero-order valence-electron chi connectivity index (χ0n) is 12.0. The first-order chi connectivity index (χ1) is 9.45. The molecular weight excluding hydrogens is 276 g/mol. The van der Waals surface area contributed by atoms with Gasteiger partial charge in [-0.3, -0.25) is 0 Å². The second kappa shape index (κ2) is 5.21. The Bertz CT molecular complexity index is 505.